The highest BCUT2D eigenvalue weighted by molar-refractivity contribution is 6.30. The summed E-state index contributed by atoms with van der Waals surface area (Å²) in [7, 11) is 1.57. The second-order valence-corrected chi connectivity index (χ2v) is 6.18. The minimum Gasteiger partial charge on any atom is -0.495 e. The molecule has 0 spiro atoms. The van der Waals surface area contributed by atoms with Gasteiger partial charge in [-0.1, -0.05) is 18.5 Å². The molecule has 0 unspecified atom stereocenters. The van der Waals surface area contributed by atoms with Crippen LogP contribution in [-0.4, -0.2) is 48.6 Å². The Morgan fingerprint density at radius 2 is 2.17 bits per heavy atom. The summed E-state index contributed by atoms with van der Waals surface area (Å²) in [4.78, 5) is 24.9. The predicted octanol–water partition coefficient (Wildman–Crippen LogP) is 2.33. The average molecular weight is 341 g/mol. The minimum absolute atomic E-state index is 0.0163. The Hall–Kier alpha value is -1.95. The molecule has 1 fully saturated rings. The van der Waals surface area contributed by atoms with Crippen LogP contribution in [0.15, 0.2) is 18.2 Å². The van der Waals surface area contributed by atoms with Crippen molar-refractivity contribution < 1.29 is 19.4 Å². The van der Waals surface area contributed by atoms with Gasteiger partial charge in [0.25, 0.3) is 0 Å². The monoisotopic (exact) mass is 340 g/mol. The zero-order valence-electron chi connectivity index (χ0n) is 13.2. The number of amides is 1. The van der Waals surface area contributed by atoms with Gasteiger partial charge in [0.15, 0.2) is 0 Å². The number of anilines is 1. The Kier molecular flexibility index (Phi) is 5.71. The van der Waals surface area contributed by atoms with Gasteiger partial charge in [0.2, 0.25) is 5.91 Å². The van der Waals surface area contributed by atoms with Gasteiger partial charge in [0.1, 0.15) is 5.75 Å². The van der Waals surface area contributed by atoms with Crippen LogP contribution in [0.25, 0.3) is 0 Å². The number of nitrogens with one attached hydrogen (secondary N) is 1. The third kappa shape index (κ3) is 4.28. The Bertz CT molecular complexity index is 593. The van der Waals surface area contributed by atoms with Gasteiger partial charge in [0, 0.05) is 31.1 Å². The maximum absolute atomic E-state index is 12.2. The highest BCUT2D eigenvalue weighted by atomic mass is 35.5. The summed E-state index contributed by atoms with van der Waals surface area (Å²) >= 11 is 5.95. The summed E-state index contributed by atoms with van der Waals surface area (Å²) in [5.74, 6) is -0.719. The lowest BCUT2D eigenvalue weighted by molar-refractivity contribution is -0.142. The number of rotatable bonds is 6. The summed E-state index contributed by atoms with van der Waals surface area (Å²) in [5.41, 5.74) is 0.728. The highest BCUT2D eigenvalue weighted by Crippen LogP contribution is 2.28. The molecule has 1 aliphatic heterocycles. The lowest BCUT2D eigenvalue weighted by atomic mass is 9.99. The van der Waals surface area contributed by atoms with E-state index in [9.17, 15) is 9.59 Å². The maximum atomic E-state index is 12.2. The molecular weight excluding hydrogens is 320 g/mol. The number of carbonyl (C=O) groups excluding carboxylic acids is 1. The minimum atomic E-state index is -0.838. The van der Waals surface area contributed by atoms with Gasteiger partial charge in [-0.25, -0.2) is 0 Å². The van der Waals surface area contributed by atoms with Crippen LogP contribution < -0.4 is 10.1 Å². The molecule has 7 heteroatoms. The van der Waals surface area contributed by atoms with E-state index in [0.717, 1.165) is 5.69 Å². The molecule has 2 N–H and O–H groups in total. The van der Waals surface area contributed by atoms with Gasteiger partial charge in [0.05, 0.1) is 18.7 Å². The molecule has 1 aliphatic rings. The van der Waals surface area contributed by atoms with Crippen LogP contribution in [0.4, 0.5) is 5.69 Å². The number of benzene rings is 1. The van der Waals surface area contributed by atoms with Gasteiger partial charge in [-0.2, -0.15) is 0 Å². The van der Waals surface area contributed by atoms with Crippen molar-refractivity contribution in [2.45, 2.75) is 13.3 Å². The first-order chi connectivity index (χ1) is 10.9. The van der Waals surface area contributed by atoms with E-state index in [1.807, 2.05) is 6.92 Å². The average Bonchev–Trinajstić information content (AvgIpc) is 2.89. The number of hydrogen-bond acceptors (Lipinski definition) is 4. The highest BCUT2D eigenvalue weighted by Gasteiger charge is 2.36. The van der Waals surface area contributed by atoms with Crippen molar-refractivity contribution in [2.75, 3.05) is 32.1 Å². The number of carbonyl (C=O) groups is 2. The Morgan fingerprint density at radius 3 is 2.78 bits per heavy atom. The fraction of sp³-hybridized carbons (Fsp3) is 0.500. The molecule has 23 heavy (non-hydrogen) atoms. The molecule has 0 radical (unpaired) electrons. The molecule has 126 valence electrons. The number of carboxylic acid groups (broad SMARTS) is 1. The van der Waals surface area contributed by atoms with Crippen molar-refractivity contribution in [1.82, 2.24) is 4.90 Å². The lowest BCUT2D eigenvalue weighted by Gasteiger charge is -2.17. The molecule has 2 rings (SSSR count). The van der Waals surface area contributed by atoms with Gasteiger partial charge in [-0.15, -0.1) is 0 Å². The van der Waals surface area contributed by atoms with Gasteiger partial charge in [-0.05, 0) is 24.1 Å². The van der Waals surface area contributed by atoms with Crippen LogP contribution in [0, 0.1) is 11.8 Å². The molecule has 0 saturated carbocycles. The summed E-state index contributed by atoms with van der Waals surface area (Å²) < 4.78 is 5.23. The van der Waals surface area contributed by atoms with E-state index in [1.54, 1.807) is 30.2 Å². The van der Waals surface area contributed by atoms with E-state index >= 15 is 0 Å². The number of nitrogens with zero attached hydrogens (tertiary/aromatic N) is 1. The molecule has 1 saturated heterocycles. The standard InChI is InChI=1S/C16H21ClN2O4/c1-10-8-19(9-12(10)16(21)22)15(20)5-6-18-13-7-11(17)3-4-14(13)23-2/h3-4,7,10,12,18H,5-6,8-9H2,1-2H3,(H,21,22)/t10-,12-/m1/s1. The van der Waals surface area contributed by atoms with Gasteiger partial charge >= 0.3 is 5.97 Å². The van der Waals surface area contributed by atoms with E-state index < -0.39 is 11.9 Å². The number of aliphatic carboxylic acids is 1. The molecule has 1 heterocycles. The van der Waals surface area contributed by atoms with Crippen molar-refractivity contribution in [1.29, 1.82) is 0 Å². The first-order valence-electron chi connectivity index (χ1n) is 7.50. The van der Waals surface area contributed by atoms with Crippen LogP contribution >= 0.6 is 11.6 Å². The zero-order chi connectivity index (χ0) is 17.0. The van der Waals surface area contributed by atoms with Crippen molar-refractivity contribution in [3.05, 3.63) is 23.2 Å². The third-order valence-electron chi connectivity index (χ3n) is 4.10. The summed E-state index contributed by atoms with van der Waals surface area (Å²) in [6, 6.07) is 5.23. The Morgan fingerprint density at radius 1 is 1.43 bits per heavy atom. The molecular formula is C16H21ClN2O4. The zero-order valence-corrected chi connectivity index (χ0v) is 14.0. The number of carboxylic acids is 1. The van der Waals surface area contributed by atoms with Crippen molar-refractivity contribution in [2.24, 2.45) is 11.8 Å². The summed E-state index contributed by atoms with van der Waals surface area (Å²) in [6.07, 6.45) is 0.286. The van der Waals surface area contributed by atoms with E-state index in [-0.39, 0.29) is 24.8 Å². The first-order valence-corrected chi connectivity index (χ1v) is 7.88. The second kappa shape index (κ2) is 7.55. The largest absolute Gasteiger partial charge is 0.495 e. The Labute approximate surface area is 140 Å². The van der Waals surface area contributed by atoms with Gasteiger partial charge < -0.3 is 20.1 Å². The second-order valence-electron chi connectivity index (χ2n) is 5.74. The normalized spacial score (nSPS) is 20.4. The molecule has 1 aromatic carbocycles. The van der Waals surface area contributed by atoms with E-state index in [2.05, 4.69) is 5.32 Å². The Balaban J connectivity index is 1.86. The number of halogens is 1. The smallest absolute Gasteiger partial charge is 0.308 e. The van der Waals surface area contributed by atoms with E-state index in [4.69, 9.17) is 21.4 Å². The summed E-state index contributed by atoms with van der Waals surface area (Å²) in [6.45, 7) is 3.07. The van der Waals surface area contributed by atoms with Gasteiger partial charge in [-0.3, -0.25) is 9.59 Å². The van der Waals surface area contributed by atoms with Crippen LogP contribution in [0.3, 0.4) is 0 Å². The topological polar surface area (TPSA) is 78.9 Å². The van der Waals surface area contributed by atoms with Crippen LogP contribution in [0.2, 0.25) is 5.02 Å². The maximum Gasteiger partial charge on any atom is 0.308 e. The van der Waals surface area contributed by atoms with Crippen LogP contribution in [0.5, 0.6) is 5.75 Å². The molecule has 0 aromatic heterocycles. The van der Waals surface area contributed by atoms with Crippen molar-refractivity contribution in [3.63, 3.8) is 0 Å². The number of hydrogen-bond donors (Lipinski definition) is 2. The number of likely N-dealkylation sites (tertiary alicyclic amines) is 1. The van der Waals surface area contributed by atoms with E-state index in [0.29, 0.717) is 23.9 Å². The van der Waals surface area contributed by atoms with Crippen molar-refractivity contribution >= 4 is 29.2 Å². The predicted molar refractivity (Wildman–Crippen MR) is 88.0 cm³/mol. The molecule has 6 nitrogen and oxygen atoms in total. The quantitative estimate of drug-likeness (QED) is 0.831. The molecule has 0 bridgehead atoms. The summed E-state index contributed by atoms with van der Waals surface area (Å²) in [5, 5.41) is 12.8. The third-order valence-corrected chi connectivity index (χ3v) is 4.33. The van der Waals surface area contributed by atoms with Crippen LogP contribution in [-0.2, 0) is 9.59 Å². The van der Waals surface area contributed by atoms with Crippen LogP contribution in [0.1, 0.15) is 13.3 Å². The molecule has 2 atom stereocenters. The number of ether oxygens (including phenoxy) is 1. The fourth-order valence-electron chi connectivity index (χ4n) is 2.77. The fourth-order valence-corrected chi connectivity index (χ4v) is 2.94. The number of methoxy groups -OCH3 is 1. The molecule has 0 aliphatic carbocycles. The lowest BCUT2D eigenvalue weighted by Crippen LogP contribution is -2.31. The first kappa shape index (κ1) is 17.4. The SMILES string of the molecule is COc1ccc(Cl)cc1NCCC(=O)N1C[C@@H](C)[C@H](C(=O)O)C1. The van der Waals surface area contributed by atoms with Crippen molar-refractivity contribution in [3.8, 4) is 5.75 Å². The molecule has 1 aromatic rings. The molecule has 1 amide bonds. The van der Waals surface area contributed by atoms with E-state index in [1.165, 1.54) is 0 Å².